The molecule has 0 spiro atoms. The van der Waals surface area contributed by atoms with Crippen LogP contribution in [0.3, 0.4) is 0 Å². The molecule has 0 amide bonds. The third kappa shape index (κ3) is 3.25. The van der Waals surface area contributed by atoms with E-state index >= 15 is 0 Å². The molecular weight excluding hydrogens is 162 g/mol. The molecule has 0 radical (unpaired) electrons. The van der Waals surface area contributed by atoms with E-state index in [2.05, 4.69) is 31.0 Å². The van der Waals surface area contributed by atoms with Gasteiger partial charge in [0.05, 0.1) is 0 Å². The number of piperazine rings is 1. The molecule has 1 rings (SSSR count). The Morgan fingerprint density at radius 2 is 2.23 bits per heavy atom. The van der Waals surface area contributed by atoms with Gasteiger partial charge in [0.1, 0.15) is 0 Å². The minimum atomic E-state index is 0.256. The predicted octanol–water partition coefficient (Wildman–Crippen LogP) is 0.265. The molecule has 78 valence electrons. The molecule has 3 nitrogen and oxygen atoms in total. The van der Waals surface area contributed by atoms with Gasteiger partial charge in [-0.05, 0) is 18.9 Å². The minimum Gasteiger partial charge on any atom is -0.330 e. The van der Waals surface area contributed by atoms with Gasteiger partial charge < -0.3 is 11.1 Å². The zero-order valence-corrected chi connectivity index (χ0v) is 9.14. The summed E-state index contributed by atoms with van der Waals surface area (Å²) in [6, 6.07) is 0.652. The summed E-state index contributed by atoms with van der Waals surface area (Å²) in [6.07, 6.45) is 0. The largest absolute Gasteiger partial charge is 0.330 e. The number of nitrogens with two attached hydrogens (primary N) is 1. The summed E-state index contributed by atoms with van der Waals surface area (Å²) in [5, 5.41) is 3.40. The van der Waals surface area contributed by atoms with Gasteiger partial charge in [-0.15, -0.1) is 0 Å². The molecule has 0 aliphatic carbocycles. The SMILES string of the molecule is CC1CNCCN1CC(C)(C)CN. The third-order valence-corrected chi connectivity index (χ3v) is 2.82. The molecule has 1 fully saturated rings. The Kier molecular flexibility index (Phi) is 3.71. The normalized spacial score (nSPS) is 26.3. The lowest BCUT2D eigenvalue weighted by atomic mass is 9.92. The first-order valence-corrected chi connectivity index (χ1v) is 5.20. The van der Waals surface area contributed by atoms with Crippen LogP contribution in [0.5, 0.6) is 0 Å². The summed E-state index contributed by atoms with van der Waals surface area (Å²) in [7, 11) is 0. The lowest BCUT2D eigenvalue weighted by molar-refractivity contribution is 0.118. The molecule has 0 aromatic rings. The standard InChI is InChI=1S/C10H23N3/c1-9-6-12-4-5-13(9)8-10(2,3)7-11/h9,12H,4-8,11H2,1-3H3. The second-order valence-electron chi connectivity index (χ2n) is 4.89. The number of rotatable bonds is 3. The quantitative estimate of drug-likeness (QED) is 0.663. The van der Waals surface area contributed by atoms with E-state index in [1.54, 1.807) is 0 Å². The third-order valence-electron chi connectivity index (χ3n) is 2.82. The van der Waals surface area contributed by atoms with E-state index in [1.807, 2.05) is 0 Å². The van der Waals surface area contributed by atoms with Crippen LogP contribution in [0.4, 0.5) is 0 Å². The van der Waals surface area contributed by atoms with Crippen molar-refractivity contribution in [1.82, 2.24) is 10.2 Å². The number of nitrogens with one attached hydrogen (secondary N) is 1. The Morgan fingerprint density at radius 1 is 1.54 bits per heavy atom. The fraction of sp³-hybridized carbons (Fsp3) is 1.00. The Labute approximate surface area is 81.7 Å². The Hall–Kier alpha value is -0.120. The van der Waals surface area contributed by atoms with Gasteiger partial charge in [-0.1, -0.05) is 13.8 Å². The van der Waals surface area contributed by atoms with Crippen LogP contribution in [0.25, 0.3) is 0 Å². The van der Waals surface area contributed by atoms with Crippen molar-refractivity contribution in [3.05, 3.63) is 0 Å². The van der Waals surface area contributed by atoms with E-state index < -0.39 is 0 Å². The zero-order valence-electron chi connectivity index (χ0n) is 9.14. The predicted molar refractivity (Wildman–Crippen MR) is 56.7 cm³/mol. The van der Waals surface area contributed by atoms with E-state index in [4.69, 9.17) is 5.73 Å². The summed E-state index contributed by atoms with van der Waals surface area (Å²) in [4.78, 5) is 2.53. The molecule has 1 unspecified atom stereocenters. The van der Waals surface area contributed by atoms with E-state index in [0.717, 1.165) is 32.7 Å². The molecule has 1 aliphatic rings. The monoisotopic (exact) mass is 185 g/mol. The lowest BCUT2D eigenvalue weighted by Crippen LogP contribution is -2.53. The van der Waals surface area contributed by atoms with Crippen LogP contribution in [-0.2, 0) is 0 Å². The van der Waals surface area contributed by atoms with Crippen molar-refractivity contribution in [3.63, 3.8) is 0 Å². The highest BCUT2D eigenvalue weighted by molar-refractivity contribution is 4.82. The first-order valence-electron chi connectivity index (χ1n) is 5.20. The fourth-order valence-electron chi connectivity index (χ4n) is 1.73. The van der Waals surface area contributed by atoms with Gasteiger partial charge in [0.25, 0.3) is 0 Å². The molecule has 1 aliphatic heterocycles. The number of hydrogen-bond donors (Lipinski definition) is 2. The van der Waals surface area contributed by atoms with E-state index in [-0.39, 0.29) is 5.41 Å². The maximum absolute atomic E-state index is 5.73. The smallest absolute Gasteiger partial charge is 0.0193 e. The zero-order chi connectivity index (χ0) is 9.90. The van der Waals surface area contributed by atoms with Gasteiger partial charge in [-0.2, -0.15) is 0 Å². The maximum Gasteiger partial charge on any atom is 0.0193 e. The molecule has 0 saturated carbocycles. The highest BCUT2D eigenvalue weighted by atomic mass is 15.2. The van der Waals surface area contributed by atoms with E-state index in [0.29, 0.717) is 6.04 Å². The summed E-state index contributed by atoms with van der Waals surface area (Å²) < 4.78 is 0. The highest BCUT2D eigenvalue weighted by Gasteiger charge is 2.24. The van der Waals surface area contributed by atoms with Crippen LogP contribution >= 0.6 is 0 Å². The van der Waals surface area contributed by atoms with Gasteiger partial charge in [-0.25, -0.2) is 0 Å². The van der Waals surface area contributed by atoms with Crippen LogP contribution in [0.1, 0.15) is 20.8 Å². The van der Waals surface area contributed by atoms with Crippen molar-refractivity contribution in [3.8, 4) is 0 Å². The van der Waals surface area contributed by atoms with Gasteiger partial charge in [0, 0.05) is 32.2 Å². The first-order chi connectivity index (χ1) is 6.05. The van der Waals surface area contributed by atoms with E-state index in [1.165, 1.54) is 0 Å². The topological polar surface area (TPSA) is 41.3 Å². The van der Waals surface area contributed by atoms with Gasteiger partial charge in [-0.3, -0.25) is 4.90 Å². The first kappa shape index (κ1) is 11.0. The highest BCUT2D eigenvalue weighted by Crippen LogP contribution is 2.17. The average molecular weight is 185 g/mol. The van der Waals surface area contributed by atoms with Crippen LogP contribution in [0.2, 0.25) is 0 Å². The average Bonchev–Trinajstić information content (AvgIpc) is 2.09. The summed E-state index contributed by atoms with van der Waals surface area (Å²) in [5.74, 6) is 0. The number of nitrogens with zero attached hydrogens (tertiary/aromatic N) is 1. The van der Waals surface area contributed by atoms with Gasteiger partial charge in [0.15, 0.2) is 0 Å². The Bertz CT molecular complexity index is 156. The van der Waals surface area contributed by atoms with Crippen LogP contribution in [0, 0.1) is 5.41 Å². The molecule has 0 aromatic carbocycles. The molecule has 3 heteroatoms. The van der Waals surface area contributed by atoms with E-state index in [9.17, 15) is 0 Å². The maximum atomic E-state index is 5.73. The molecule has 13 heavy (non-hydrogen) atoms. The molecule has 0 aromatic heterocycles. The van der Waals surface area contributed by atoms with Crippen molar-refractivity contribution in [2.24, 2.45) is 11.1 Å². The summed E-state index contributed by atoms with van der Waals surface area (Å²) in [6.45, 7) is 12.0. The van der Waals surface area contributed by atoms with Crippen molar-refractivity contribution in [1.29, 1.82) is 0 Å². The molecular formula is C10H23N3. The summed E-state index contributed by atoms with van der Waals surface area (Å²) >= 11 is 0. The Balaban J connectivity index is 2.42. The minimum absolute atomic E-state index is 0.256. The lowest BCUT2D eigenvalue weighted by Gasteiger charge is -2.39. The van der Waals surface area contributed by atoms with Gasteiger partial charge >= 0.3 is 0 Å². The van der Waals surface area contributed by atoms with Crippen molar-refractivity contribution in [2.75, 3.05) is 32.7 Å². The second kappa shape index (κ2) is 4.40. The van der Waals surface area contributed by atoms with Crippen LogP contribution in [-0.4, -0.2) is 43.7 Å². The van der Waals surface area contributed by atoms with Gasteiger partial charge in [0.2, 0.25) is 0 Å². The fourth-order valence-corrected chi connectivity index (χ4v) is 1.73. The van der Waals surface area contributed by atoms with Crippen molar-refractivity contribution >= 4 is 0 Å². The molecule has 0 bridgehead atoms. The molecule has 1 heterocycles. The van der Waals surface area contributed by atoms with Crippen molar-refractivity contribution < 1.29 is 0 Å². The van der Waals surface area contributed by atoms with Crippen LogP contribution < -0.4 is 11.1 Å². The summed E-state index contributed by atoms with van der Waals surface area (Å²) in [5.41, 5.74) is 5.98. The van der Waals surface area contributed by atoms with Crippen molar-refractivity contribution in [2.45, 2.75) is 26.8 Å². The second-order valence-corrected chi connectivity index (χ2v) is 4.89. The van der Waals surface area contributed by atoms with Crippen LogP contribution in [0.15, 0.2) is 0 Å². The molecule has 3 N–H and O–H groups in total. The Morgan fingerprint density at radius 3 is 2.77 bits per heavy atom. The molecule has 1 saturated heterocycles. The molecule has 1 atom stereocenters. The number of hydrogen-bond acceptors (Lipinski definition) is 3.